The molecule has 140 valence electrons. The predicted octanol–water partition coefficient (Wildman–Crippen LogP) is 3.41. The van der Waals surface area contributed by atoms with Crippen molar-refractivity contribution >= 4 is 33.2 Å². The Morgan fingerprint density at radius 1 is 1.15 bits per heavy atom. The molecule has 0 aliphatic heterocycles. The molecule has 0 saturated heterocycles. The van der Waals surface area contributed by atoms with Crippen molar-refractivity contribution in [2.24, 2.45) is 0 Å². The van der Waals surface area contributed by atoms with Gasteiger partial charge in [0, 0.05) is 24.2 Å². The molecule has 1 amide bonds. The summed E-state index contributed by atoms with van der Waals surface area (Å²) in [6.07, 6.45) is 2.67. The first-order chi connectivity index (χ1) is 12.2. The van der Waals surface area contributed by atoms with E-state index in [1.807, 2.05) is 24.3 Å². The lowest BCUT2D eigenvalue weighted by Crippen LogP contribution is -2.28. The lowest BCUT2D eigenvalue weighted by atomic mass is 10.1. The maximum Gasteiger partial charge on any atom is 0.251 e. The number of benzene rings is 2. The van der Waals surface area contributed by atoms with Gasteiger partial charge in [-0.05, 0) is 49.1 Å². The van der Waals surface area contributed by atoms with Gasteiger partial charge < -0.3 is 5.32 Å². The van der Waals surface area contributed by atoms with Crippen LogP contribution in [0.5, 0.6) is 0 Å². The van der Waals surface area contributed by atoms with Gasteiger partial charge in [0.05, 0.1) is 11.9 Å². The van der Waals surface area contributed by atoms with E-state index in [4.69, 9.17) is 11.6 Å². The van der Waals surface area contributed by atoms with E-state index in [0.29, 0.717) is 23.4 Å². The number of sulfonamides is 1. The molecule has 26 heavy (non-hydrogen) atoms. The van der Waals surface area contributed by atoms with Crippen LogP contribution in [0.15, 0.2) is 42.5 Å². The summed E-state index contributed by atoms with van der Waals surface area (Å²) >= 11 is 6.13. The summed E-state index contributed by atoms with van der Waals surface area (Å²) in [6.45, 7) is 2.26. The zero-order valence-electron chi connectivity index (χ0n) is 15.1. The number of carbonyl (C=O) groups is 1. The molecule has 0 aromatic heterocycles. The highest BCUT2D eigenvalue weighted by atomic mass is 35.5. The molecule has 0 bridgehead atoms. The molecule has 0 aliphatic carbocycles. The molecular formula is C19H23ClN2O3S. The van der Waals surface area contributed by atoms with Crippen molar-refractivity contribution in [3.8, 4) is 0 Å². The molecule has 0 spiro atoms. The van der Waals surface area contributed by atoms with Crippen molar-refractivity contribution in [1.29, 1.82) is 0 Å². The van der Waals surface area contributed by atoms with Gasteiger partial charge in [0.2, 0.25) is 10.0 Å². The molecule has 0 atom stereocenters. The first kappa shape index (κ1) is 20.3. The zero-order valence-corrected chi connectivity index (χ0v) is 16.7. The van der Waals surface area contributed by atoms with Gasteiger partial charge in [-0.25, -0.2) is 8.42 Å². The monoisotopic (exact) mass is 394 g/mol. The lowest BCUT2D eigenvalue weighted by molar-refractivity contribution is 0.0952. The molecule has 7 heteroatoms. The van der Waals surface area contributed by atoms with E-state index in [0.717, 1.165) is 29.7 Å². The van der Waals surface area contributed by atoms with Gasteiger partial charge >= 0.3 is 0 Å². The highest BCUT2D eigenvalue weighted by Gasteiger charge is 2.18. The molecule has 0 aliphatic rings. The van der Waals surface area contributed by atoms with E-state index >= 15 is 0 Å². The van der Waals surface area contributed by atoms with E-state index in [1.165, 1.54) is 11.4 Å². The summed E-state index contributed by atoms with van der Waals surface area (Å²) in [5.74, 6) is -0.217. The van der Waals surface area contributed by atoms with E-state index in [-0.39, 0.29) is 5.91 Å². The molecule has 2 rings (SSSR count). The van der Waals surface area contributed by atoms with Gasteiger partial charge in [0.15, 0.2) is 0 Å². The molecule has 0 unspecified atom stereocenters. The second kappa shape index (κ2) is 8.56. The molecule has 0 heterocycles. The Hall–Kier alpha value is -2.05. The highest BCUT2D eigenvalue weighted by molar-refractivity contribution is 7.92. The Morgan fingerprint density at radius 2 is 1.85 bits per heavy atom. The third kappa shape index (κ3) is 4.99. The Labute approximate surface area is 160 Å². The molecule has 2 aromatic carbocycles. The van der Waals surface area contributed by atoms with Crippen LogP contribution in [0.4, 0.5) is 5.69 Å². The molecule has 0 fully saturated rings. The average molecular weight is 395 g/mol. The first-order valence-corrected chi connectivity index (χ1v) is 10.5. The van der Waals surface area contributed by atoms with Crippen LogP contribution in [-0.4, -0.2) is 34.2 Å². The van der Waals surface area contributed by atoms with E-state index in [1.54, 1.807) is 25.1 Å². The number of nitrogens with one attached hydrogen (secondary N) is 1. The van der Waals surface area contributed by atoms with Crippen LogP contribution in [0.2, 0.25) is 5.02 Å². The molecule has 2 aromatic rings. The van der Waals surface area contributed by atoms with Crippen molar-refractivity contribution in [3.05, 3.63) is 64.2 Å². The minimum atomic E-state index is -3.39. The summed E-state index contributed by atoms with van der Waals surface area (Å²) in [6, 6.07) is 12.7. The summed E-state index contributed by atoms with van der Waals surface area (Å²) in [7, 11) is -1.91. The second-order valence-electron chi connectivity index (χ2n) is 6.13. The van der Waals surface area contributed by atoms with Crippen LogP contribution in [0, 0.1) is 6.92 Å². The van der Waals surface area contributed by atoms with Crippen LogP contribution in [0.25, 0.3) is 0 Å². The van der Waals surface area contributed by atoms with Gasteiger partial charge in [-0.2, -0.15) is 0 Å². The molecular weight excluding hydrogens is 372 g/mol. The van der Waals surface area contributed by atoms with Gasteiger partial charge in [0.25, 0.3) is 5.91 Å². The molecule has 5 nitrogen and oxygen atoms in total. The van der Waals surface area contributed by atoms with Crippen LogP contribution >= 0.6 is 11.6 Å². The first-order valence-electron chi connectivity index (χ1n) is 8.27. The summed E-state index contributed by atoms with van der Waals surface area (Å²) in [4.78, 5) is 12.5. The predicted molar refractivity (Wildman–Crippen MR) is 107 cm³/mol. The normalized spacial score (nSPS) is 11.2. The Kier molecular flexibility index (Phi) is 6.67. The average Bonchev–Trinajstić information content (AvgIpc) is 2.58. The zero-order chi connectivity index (χ0) is 19.3. The van der Waals surface area contributed by atoms with Crippen LogP contribution < -0.4 is 9.62 Å². The minimum Gasteiger partial charge on any atom is -0.352 e. The maximum absolute atomic E-state index is 12.5. The SMILES string of the molecule is Cc1c(C(=O)NCCCc2ccccc2Cl)cccc1N(C)S(C)(=O)=O. The lowest BCUT2D eigenvalue weighted by Gasteiger charge is -2.20. The fraction of sp³-hybridized carbons (Fsp3) is 0.316. The second-order valence-corrected chi connectivity index (χ2v) is 8.55. The summed E-state index contributed by atoms with van der Waals surface area (Å²) in [5, 5.41) is 3.61. The number of hydrogen-bond donors (Lipinski definition) is 1. The van der Waals surface area contributed by atoms with Crippen molar-refractivity contribution in [2.45, 2.75) is 19.8 Å². The third-order valence-corrected chi connectivity index (χ3v) is 5.81. The number of amides is 1. The fourth-order valence-electron chi connectivity index (χ4n) is 2.67. The number of halogens is 1. The fourth-order valence-corrected chi connectivity index (χ4v) is 3.45. The summed E-state index contributed by atoms with van der Waals surface area (Å²) in [5.41, 5.74) is 2.65. The van der Waals surface area contributed by atoms with Crippen molar-refractivity contribution in [2.75, 3.05) is 24.2 Å². The van der Waals surface area contributed by atoms with Crippen molar-refractivity contribution in [3.63, 3.8) is 0 Å². The van der Waals surface area contributed by atoms with Crippen LogP contribution in [0.1, 0.15) is 27.9 Å². The number of rotatable bonds is 7. The summed E-state index contributed by atoms with van der Waals surface area (Å²) < 4.78 is 24.7. The highest BCUT2D eigenvalue weighted by Crippen LogP contribution is 2.24. The topological polar surface area (TPSA) is 66.5 Å². The van der Waals surface area contributed by atoms with Crippen molar-refractivity contribution in [1.82, 2.24) is 5.32 Å². The number of nitrogens with zero attached hydrogens (tertiary/aromatic N) is 1. The molecule has 0 saturated carbocycles. The molecule has 1 N–H and O–H groups in total. The number of anilines is 1. The van der Waals surface area contributed by atoms with Gasteiger partial charge in [-0.3, -0.25) is 9.10 Å². The Bertz CT molecular complexity index is 897. The van der Waals surface area contributed by atoms with Crippen LogP contribution in [-0.2, 0) is 16.4 Å². The Balaban J connectivity index is 2.01. The Morgan fingerprint density at radius 3 is 2.50 bits per heavy atom. The number of hydrogen-bond acceptors (Lipinski definition) is 3. The number of aryl methyl sites for hydroxylation is 1. The smallest absolute Gasteiger partial charge is 0.251 e. The van der Waals surface area contributed by atoms with E-state index < -0.39 is 10.0 Å². The maximum atomic E-state index is 12.5. The van der Waals surface area contributed by atoms with Crippen LogP contribution in [0.3, 0.4) is 0 Å². The van der Waals surface area contributed by atoms with Crippen molar-refractivity contribution < 1.29 is 13.2 Å². The number of carbonyl (C=O) groups excluding carboxylic acids is 1. The van der Waals surface area contributed by atoms with E-state index in [9.17, 15) is 13.2 Å². The van der Waals surface area contributed by atoms with Gasteiger partial charge in [-0.1, -0.05) is 35.9 Å². The minimum absolute atomic E-state index is 0.217. The van der Waals surface area contributed by atoms with Gasteiger partial charge in [0.1, 0.15) is 0 Å². The molecule has 0 radical (unpaired) electrons. The largest absolute Gasteiger partial charge is 0.352 e. The van der Waals surface area contributed by atoms with Gasteiger partial charge in [-0.15, -0.1) is 0 Å². The standard InChI is InChI=1S/C19H23ClN2O3S/c1-14-16(10-6-12-18(14)22(2)26(3,24)25)19(23)21-13-7-9-15-8-4-5-11-17(15)20/h4-6,8,10-12H,7,9,13H2,1-3H3,(H,21,23). The van der Waals surface area contributed by atoms with E-state index in [2.05, 4.69) is 5.32 Å². The third-order valence-electron chi connectivity index (χ3n) is 4.25. The quantitative estimate of drug-likeness (QED) is 0.732.